The number of carbonyl (C=O) groups excluding carboxylic acids is 1. The van der Waals surface area contributed by atoms with E-state index in [9.17, 15) is 13.6 Å². The first-order valence-electron chi connectivity index (χ1n) is 6.92. The summed E-state index contributed by atoms with van der Waals surface area (Å²) in [5, 5.41) is 2.64. The molecule has 1 amide bonds. The van der Waals surface area contributed by atoms with E-state index >= 15 is 0 Å². The van der Waals surface area contributed by atoms with Crippen molar-refractivity contribution >= 4 is 5.91 Å². The first-order chi connectivity index (χ1) is 8.23. The van der Waals surface area contributed by atoms with Crippen molar-refractivity contribution in [2.75, 3.05) is 0 Å². The summed E-state index contributed by atoms with van der Waals surface area (Å²) in [5.74, 6) is -2.99. The number of hydrogen-bond acceptors (Lipinski definition) is 1. The monoisotopic (exact) mass is 265 g/mol. The van der Waals surface area contributed by atoms with Crippen molar-refractivity contribution in [1.29, 1.82) is 0 Å². The van der Waals surface area contributed by atoms with Gasteiger partial charge in [-0.25, -0.2) is 8.78 Å². The highest BCUT2D eigenvalue weighted by Crippen LogP contribution is 2.25. The zero-order valence-electron chi connectivity index (χ0n) is 12.6. The van der Waals surface area contributed by atoms with Crippen molar-refractivity contribution in [1.82, 2.24) is 5.32 Å². The van der Waals surface area contributed by atoms with Crippen LogP contribution in [0.3, 0.4) is 0 Å². The van der Waals surface area contributed by atoms with E-state index in [0.29, 0.717) is 6.42 Å². The quantitative estimate of drug-likeness (QED) is 0.758. The van der Waals surface area contributed by atoms with Gasteiger partial charge in [0.25, 0.3) is 0 Å². The van der Waals surface area contributed by atoms with Crippen LogP contribution in [0.5, 0.6) is 0 Å². The van der Waals surface area contributed by atoms with Gasteiger partial charge in [-0.1, -0.05) is 48.0 Å². The lowest BCUT2D eigenvalue weighted by Crippen LogP contribution is -2.40. The molecule has 0 rings (SSSR count). The van der Waals surface area contributed by atoms with E-state index in [1.165, 1.54) is 13.3 Å². The standard InChI is InChI=1S/C11H21F2NO.C3H8/c1-5-9(7-11(12,13)6-2)14-10(15)8(3)4;1-3-2/h8-9H,5-7H2,1-4H3,(H,14,15);3H2,1-2H3. The Labute approximate surface area is 111 Å². The van der Waals surface area contributed by atoms with E-state index in [0.717, 1.165) is 0 Å². The SMILES string of the molecule is CCC.CCC(CC(F)(F)CC)NC(=O)C(C)C. The number of carbonyl (C=O) groups is 1. The van der Waals surface area contributed by atoms with Gasteiger partial charge in [-0.05, 0) is 6.42 Å². The summed E-state index contributed by atoms with van der Waals surface area (Å²) in [7, 11) is 0. The fourth-order valence-electron chi connectivity index (χ4n) is 1.17. The molecule has 1 atom stereocenters. The smallest absolute Gasteiger partial charge is 0.249 e. The van der Waals surface area contributed by atoms with Gasteiger partial charge in [0.2, 0.25) is 11.8 Å². The Morgan fingerprint density at radius 1 is 1.17 bits per heavy atom. The molecule has 0 aromatic heterocycles. The molecule has 4 heteroatoms. The second-order valence-electron chi connectivity index (χ2n) is 4.89. The number of amides is 1. The van der Waals surface area contributed by atoms with Crippen LogP contribution in [0.25, 0.3) is 0 Å². The van der Waals surface area contributed by atoms with E-state index in [4.69, 9.17) is 0 Å². The highest BCUT2D eigenvalue weighted by atomic mass is 19.3. The molecule has 0 saturated heterocycles. The van der Waals surface area contributed by atoms with Crippen LogP contribution in [-0.2, 0) is 4.79 Å². The van der Waals surface area contributed by atoms with E-state index in [1.54, 1.807) is 20.8 Å². The molecular weight excluding hydrogens is 236 g/mol. The van der Waals surface area contributed by atoms with Gasteiger partial charge in [-0.3, -0.25) is 4.79 Å². The molecule has 0 heterocycles. The third kappa shape index (κ3) is 10.5. The van der Waals surface area contributed by atoms with Gasteiger partial charge >= 0.3 is 0 Å². The molecule has 0 fully saturated rings. The molecule has 0 radical (unpaired) electrons. The minimum atomic E-state index is -2.68. The first kappa shape index (κ1) is 19.7. The van der Waals surface area contributed by atoms with Crippen molar-refractivity contribution in [3.63, 3.8) is 0 Å². The van der Waals surface area contributed by atoms with Gasteiger partial charge in [0.1, 0.15) is 0 Å². The molecule has 0 aliphatic carbocycles. The summed E-state index contributed by atoms with van der Waals surface area (Å²) in [6, 6.07) is -0.421. The predicted octanol–water partition coefficient (Wildman–Crippen LogP) is 4.39. The maximum absolute atomic E-state index is 13.1. The molecule has 0 aliphatic heterocycles. The Balaban J connectivity index is 0. The van der Waals surface area contributed by atoms with E-state index in [2.05, 4.69) is 19.2 Å². The third-order valence-corrected chi connectivity index (χ3v) is 2.43. The first-order valence-corrected chi connectivity index (χ1v) is 6.92. The van der Waals surface area contributed by atoms with Crippen LogP contribution < -0.4 is 5.32 Å². The number of hydrogen-bond donors (Lipinski definition) is 1. The molecule has 0 aliphatic rings. The van der Waals surface area contributed by atoms with Crippen molar-refractivity contribution in [3.8, 4) is 0 Å². The molecule has 0 aromatic rings. The summed E-state index contributed by atoms with van der Waals surface area (Å²) in [4.78, 5) is 11.3. The Bertz CT molecular complexity index is 218. The van der Waals surface area contributed by atoms with Crippen LogP contribution in [0, 0.1) is 5.92 Å². The summed E-state index contributed by atoms with van der Waals surface area (Å²) in [6.07, 6.45) is 1.34. The predicted molar refractivity (Wildman–Crippen MR) is 72.9 cm³/mol. The molecule has 0 spiro atoms. The summed E-state index contributed by atoms with van der Waals surface area (Å²) < 4.78 is 26.2. The van der Waals surface area contributed by atoms with Crippen LogP contribution in [-0.4, -0.2) is 17.9 Å². The molecule has 18 heavy (non-hydrogen) atoms. The Hall–Kier alpha value is -0.670. The summed E-state index contributed by atoms with van der Waals surface area (Å²) >= 11 is 0. The lowest BCUT2D eigenvalue weighted by atomic mass is 10.0. The average molecular weight is 265 g/mol. The molecule has 110 valence electrons. The summed E-state index contributed by atoms with van der Waals surface area (Å²) in [6.45, 7) is 11.0. The normalized spacial score (nSPS) is 12.7. The van der Waals surface area contributed by atoms with Crippen molar-refractivity contribution < 1.29 is 13.6 Å². The second kappa shape index (κ2) is 10.3. The van der Waals surface area contributed by atoms with Crippen LogP contribution in [0.15, 0.2) is 0 Å². The van der Waals surface area contributed by atoms with E-state index in [1.807, 2.05) is 0 Å². The lowest BCUT2D eigenvalue weighted by Gasteiger charge is -2.23. The Morgan fingerprint density at radius 3 is 1.89 bits per heavy atom. The lowest BCUT2D eigenvalue weighted by molar-refractivity contribution is -0.125. The molecule has 0 saturated carbocycles. The van der Waals surface area contributed by atoms with Gasteiger partial charge in [0.05, 0.1) is 0 Å². The average Bonchev–Trinajstić information content (AvgIpc) is 2.28. The number of nitrogens with one attached hydrogen (secondary N) is 1. The maximum Gasteiger partial charge on any atom is 0.249 e. The molecule has 1 N–H and O–H groups in total. The van der Waals surface area contributed by atoms with Crippen LogP contribution >= 0.6 is 0 Å². The zero-order chi connectivity index (χ0) is 14.8. The number of rotatable bonds is 6. The maximum atomic E-state index is 13.1. The number of alkyl halides is 2. The van der Waals surface area contributed by atoms with Crippen LogP contribution in [0.1, 0.15) is 67.2 Å². The van der Waals surface area contributed by atoms with Gasteiger partial charge < -0.3 is 5.32 Å². The molecule has 1 unspecified atom stereocenters. The largest absolute Gasteiger partial charge is 0.353 e. The zero-order valence-corrected chi connectivity index (χ0v) is 12.6. The highest BCUT2D eigenvalue weighted by molar-refractivity contribution is 5.78. The fraction of sp³-hybridized carbons (Fsp3) is 0.929. The highest BCUT2D eigenvalue weighted by Gasteiger charge is 2.30. The van der Waals surface area contributed by atoms with Gasteiger partial charge in [0, 0.05) is 24.8 Å². The summed E-state index contributed by atoms with van der Waals surface area (Å²) in [5.41, 5.74) is 0. The van der Waals surface area contributed by atoms with Crippen molar-refractivity contribution in [3.05, 3.63) is 0 Å². The van der Waals surface area contributed by atoms with Gasteiger partial charge in [-0.2, -0.15) is 0 Å². The fourth-order valence-corrected chi connectivity index (χ4v) is 1.17. The van der Waals surface area contributed by atoms with Crippen molar-refractivity contribution in [2.45, 2.75) is 79.2 Å². The molecule has 2 nitrogen and oxygen atoms in total. The number of halogens is 2. The molecule has 0 bridgehead atoms. The van der Waals surface area contributed by atoms with Crippen LogP contribution in [0.4, 0.5) is 8.78 Å². The van der Waals surface area contributed by atoms with Crippen molar-refractivity contribution in [2.24, 2.45) is 5.92 Å². The molecule has 0 aromatic carbocycles. The van der Waals surface area contributed by atoms with E-state index in [-0.39, 0.29) is 24.7 Å². The van der Waals surface area contributed by atoms with Crippen LogP contribution in [0.2, 0.25) is 0 Å². The minimum absolute atomic E-state index is 0.158. The van der Waals surface area contributed by atoms with E-state index < -0.39 is 12.0 Å². The third-order valence-electron chi connectivity index (χ3n) is 2.43. The van der Waals surface area contributed by atoms with Gasteiger partial charge in [-0.15, -0.1) is 0 Å². The second-order valence-corrected chi connectivity index (χ2v) is 4.89. The Morgan fingerprint density at radius 2 is 1.61 bits per heavy atom. The Kier molecular flexibility index (Phi) is 11.2. The topological polar surface area (TPSA) is 29.1 Å². The minimum Gasteiger partial charge on any atom is -0.353 e. The van der Waals surface area contributed by atoms with Gasteiger partial charge in [0.15, 0.2) is 0 Å². The molecular formula is C14H29F2NO.